The second-order valence-electron chi connectivity index (χ2n) is 8.44. The maximum absolute atomic E-state index is 14.2. The van der Waals surface area contributed by atoms with Crippen LogP contribution in [0.5, 0.6) is 0 Å². The van der Waals surface area contributed by atoms with Crippen molar-refractivity contribution in [1.29, 1.82) is 0 Å². The van der Waals surface area contributed by atoms with Crippen LogP contribution < -0.4 is 16.4 Å². The minimum atomic E-state index is -0.526. The number of fused-ring (bicyclic) bond motifs is 1. The standard InChI is InChI=1S/C25H26FN7O2/c1-16-3-2-4-21(22(16)26)31-25(34)30-18-7-5-17(6-8-18)20-13-19(14-32-9-11-35-12-10-32)33-23(20)24(27)28-15-29-33/h2-8,13,15H,9-12,14H2,1H3,(H2,27,28,29)(H2,30,31,34). The van der Waals surface area contributed by atoms with Crippen molar-refractivity contribution in [3.8, 4) is 11.1 Å². The van der Waals surface area contributed by atoms with Crippen molar-refractivity contribution < 1.29 is 13.9 Å². The zero-order valence-corrected chi connectivity index (χ0v) is 19.3. The number of benzene rings is 2. The van der Waals surface area contributed by atoms with Crippen LogP contribution in [0.2, 0.25) is 0 Å². The molecule has 1 fully saturated rings. The van der Waals surface area contributed by atoms with Crippen LogP contribution in [0.4, 0.5) is 26.4 Å². The number of hydrogen-bond donors (Lipinski definition) is 3. The first kappa shape index (κ1) is 22.8. The first-order valence-electron chi connectivity index (χ1n) is 11.3. The maximum atomic E-state index is 14.2. The number of ether oxygens (including phenoxy) is 1. The van der Waals surface area contributed by atoms with Crippen molar-refractivity contribution in [2.45, 2.75) is 13.5 Å². The Balaban J connectivity index is 1.36. The normalized spacial score (nSPS) is 14.2. The second-order valence-corrected chi connectivity index (χ2v) is 8.44. The lowest BCUT2D eigenvalue weighted by Crippen LogP contribution is -2.36. The Morgan fingerprint density at radius 2 is 1.91 bits per heavy atom. The Morgan fingerprint density at radius 1 is 1.14 bits per heavy atom. The minimum Gasteiger partial charge on any atom is -0.382 e. The molecule has 0 saturated carbocycles. The molecular formula is C25H26FN7O2. The molecule has 0 radical (unpaired) electrons. The summed E-state index contributed by atoms with van der Waals surface area (Å²) in [6.45, 7) is 5.51. The number of rotatable bonds is 5. The molecule has 0 aliphatic carbocycles. The van der Waals surface area contributed by atoms with Crippen molar-refractivity contribution in [1.82, 2.24) is 19.5 Å². The van der Waals surface area contributed by atoms with Gasteiger partial charge in [0.05, 0.1) is 24.6 Å². The van der Waals surface area contributed by atoms with Crippen molar-refractivity contribution in [2.24, 2.45) is 0 Å². The van der Waals surface area contributed by atoms with Crippen LogP contribution in [0.15, 0.2) is 54.9 Å². The molecule has 0 spiro atoms. The first-order chi connectivity index (χ1) is 17.0. The monoisotopic (exact) mass is 475 g/mol. The van der Waals surface area contributed by atoms with E-state index < -0.39 is 11.8 Å². The highest BCUT2D eigenvalue weighted by atomic mass is 19.1. The van der Waals surface area contributed by atoms with Gasteiger partial charge >= 0.3 is 6.03 Å². The molecule has 3 heterocycles. The van der Waals surface area contributed by atoms with Crippen LogP contribution in [0, 0.1) is 12.7 Å². The highest BCUT2D eigenvalue weighted by Crippen LogP contribution is 2.31. The fraction of sp³-hybridized carbons (Fsp3) is 0.240. The van der Waals surface area contributed by atoms with Crippen LogP contribution in [0.25, 0.3) is 16.6 Å². The van der Waals surface area contributed by atoms with Crippen molar-refractivity contribution in [2.75, 3.05) is 42.7 Å². The van der Waals surface area contributed by atoms with Gasteiger partial charge in [0.2, 0.25) is 0 Å². The Hall–Kier alpha value is -4.02. The highest BCUT2D eigenvalue weighted by Gasteiger charge is 2.19. The molecule has 2 aromatic carbocycles. The van der Waals surface area contributed by atoms with E-state index in [4.69, 9.17) is 10.5 Å². The van der Waals surface area contributed by atoms with Gasteiger partial charge in [-0.15, -0.1) is 0 Å². The molecule has 0 bridgehead atoms. The summed E-state index contributed by atoms with van der Waals surface area (Å²) in [5, 5.41) is 9.71. The molecule has 10 heteroatoms. The van der Waals surface area contributed by atoms with Gasteiger partial charge in [-0.1, -0.05) is 24.3 Å². The fourth-order valence-electron chi connectivity index (χ4n) is 4.22. The molecule has 9 nitrogen and oxygen atoms in total. The number of nitrogen functional groups attached to an aromatic ring is 1. The van der Waals surface area contributed by atoms with Crippen LogP contribution in [0.3, 0.4) is 0 Å². The molecule has 2 amide bonds. The lowest BCUT2D eigenvalue weighted by Gasteiger charge is -2.26. The first-order valence-corrected chi connectivity index (χ1v) is 11.3. The molecule has 1 aliphatic heterocycles. The number of carbonyl (C=O) groups is 1. The Kier molecular flexibility index (Phi) is 6.30. The smallest absolute Gasteiger partial charge is 0.323 e. The van der Waals surface area contributed by atoms with E-state index in [0.717, 1.165) is 42.0 Å². The number of aromatic nitrogens is 3. The van der Waals surface area contributed by atoms with Gasteiger partial charge in [0.25, 0.3) is 0 Å². The minimum absolute atomic E-state index is 0.127. The Morgan fingerprint density at radius 3 is 2.69 bits per heavy atom. The van der Waals surface area contributed by atoms with Gasteiger partial charge in [0.1, 0.15) is 17.7 Å². The van der Waals surface area contributed by atoms with E-state index in [1.165, 1.54) is 12.4 Å². The molecule has 4 aromatic rings. The number of anilines is 3. The van der Waals surface area contributed by atoms with E-state index in [9.17, 15) is 9.18 Å². The van der Waals surface area contributed by atoms with Gasteiger partial charge in [-0.2, -0.15) is 5.10 Å². The predicted molar refractivity (Wildman–Crippen MR) is 133 cm³/mol. The van der Waals surface area contributed by atoms with Gasteiger partial charge in [-0.05, 0) is 42.3 Å². The number of amides is 2. The summed E-state index contributed by atoms with van der Waals surface area (Å²) in [7, 11) is 0. The predicted octanol–water partition coefficient (Wildman–Crippen LogP) is 3.90. The summed E-state index contributed by atoms with van der Waals surface area (Å²) in [4.78, 5) is 18.9. The molecule has 0 atom stereocenters. The number of nitrogens with zero attached hydrogens (tertiary/aromatic N) is 4. The van der Waals surface area contributed by atoms with E-state index in [-0.39, 0.29) is 5.69 Å². The number of carbonyl (C=O) groups excluding carboxylic acids is 1. The van der Waals surface area contributed by atoms with E-state index >= 15 is 0 Å². The number of hydrogen-bond acceptors (Lipinski definition) is 6. The number of aryl methyl sites for hydroxylation is 1. The SMILES string of the molecule is Cc1cccc(NC(=O)Nc2ccc(-c3cc(CN4CCOCC4)n4ncnc(N)c34)cc2)c1F. The lowest BCUT2D eigenvalue weighted by atomic mass is 10.1. The van der Waals surface area contributed by atoms with Crippen molar-refractivity contribution >= 4 is 28.7 Å². The number of morpholine rings is 1. The molecular weight excluding hydrogens is 449 g/mol. The molecule has 0 unspecified atom stereocenters. The third kappa shape index (κ3) is 4.79. The Bertz CT molecular complexity index is 1360. The molecule has 180 valence electrons. The van der Waals surface area contributed by atoms with Gasteiger partial charge in [0.15, 0.2) is 5.82 Å². The molecule has 1 aliphatic rings. The van der Waals surface area contributed by atoms with Crippen LogP contribution in [0.1, 0.15) is 11.3 Å². The van der Waals surface area contributed by atoms with E-state index in [1.54, 1.807) is 31.2 Å². The molecule has 4 N–H and O–H groups in total. The molecule has 2 aromatic heterocycles. The Labute approximate surface area is 201 Å². The maximum Gasteiger partial charge on any atom is 0.323 e. The zero-order chi connectivity index (χ0) is 24.4. The molecule has 1 saturated heterocycles. The number of nitrogens with two attached hydrogens (primary N) is 1. The second kappa shape index (κ2) is 9.69. The van der Waals surface area contributed by atoms with E-state index in [0.29, 0.717) is 30.3 Å². The van der Waals surface area contributed by atoms with Gasteiger partial charge in [-0.25, -0.2) is 18.7 Å². The summed E-state index contributed by atoms with van der Waals surface area (Å²) in [6.07, 6.45) is 1.46. The third-order valence-electron chi connectivity index (χ3n) is 6.04. The average Bonchev–Trinajstić information content (AvgIpc) is 3.23. The van der Waals surface area contributed by atoms with Gasteiger partial charge in [-0.3, -0.25) is 4.90 Å². The third-order valence-corrected chi connectivity index (χ3v) is 6.04. The van der Waals surface area contributed by atoms with Gasteiger partial charge in [0, 0.05) is 30.9 Å². The summed E-state index contributed by atoms with van der Waals surface area (Å²) in [6, 6.07) is 13.8. The molecule has 5 rings (SSSR count). The quantitative estimate of drug-likeness (QED) is 0.404. The van der Waals surface area contributed by atoms with Crippen molar-refractivity contribution in [3.63, 3.8) is 0 Å². The topological polar surface area (TPSA) is 110 Å². The zero-order valence-electron chi connectivity index (χ0n) is 19.3. The summed E-state index contributed by atoms with van der Waals surface area (Å²) in [5.41, 5.74) is 11.0. The van der Waals surface area contributed by atoms with Gasteiger partial charge < -0.3 is 21.1 Å². The average molecular weight is 476 g/mol. The van der Waals surface area contributed by atoms with E-state index in [2.05, 4.69) is 31.7 Å². The highest BCUT2D eigenvalue weighted by molar-refractivity contribution is 6.00. The van der Waals surface area contributed by atoms with Crippen LogP contribution in [-0.4, -0.2) is 51.8 Å². The summed E-state index contributed by atoms with van der Waals surface area (Å²) in [5.74, 6) is -0.0590. The summed E-state index contributed by atoms with van der Waals surface area (Å²) < 4.78 is 21.5. The van der Waals surface area contributed by atoms with E-state index in [1.807, 2.05) is 16.6 Å². The lowest BCUT2D eigenvalue weighted by molar-refractivity contribution is 0.0334. The fourth-order valence-corrected chi connectivity index (χ4v) is 4.22. The number of nitrogens with one attached hydrogen (secondary N) is 2. The van der Waals surface area contributed by atoms with Crippen molar-refractivity contribution in [3.05, 3.63) is 71.9 Å². The largest absolute Gasteiger partial charge is 0.382 e. The van der Waals surface area contributed by atoms with Crippen LogP contribution in [-0.2, 0) is 11.3 Å². The summed E-state index contributed by atoms with van der Waals surface area (Å²) >= 11 is 0. The van der Waals surface area contributed by atoms with Crippen LogP contribution >= 0.6 is 0 Å². The number of urea groups is 1. The molecule has 35 heavy (non-hydrogen) atoms. The number of halogens is 1.